The lowest BCUT2D eigenvalue weighted by Gasteiger charge is -2.42. The number of aliphatic hydroxyl groups is 1. The lowest BCUT2D eigenvalue weighted by molar-refractivity contribution is 0.181. The van der Waals surface area contributed by atoms with Crippen LogP contribution in [0.2, 0.25) is 0 Å². The van der Waals surface area contributed by atoms with Crippen LogP contribution in [-0.2, 0) is 0 Å². The molecule has 8 heteroatoms. The number of aromatic nitrogens is 2. The molecule has 1 aromatic heterocycles. The number of urea groups is 1. The highest BCUT2D eigenvalue weighted by Gasteiger charge is 2.43. The highest BCUT2D eigenvalue weighted by atomic mass is 16.5. The van der Waals surface area contributed by atoms with Gasteiger partial charge in [0.2, 0.25) is 5.95 Å². The third-order valence-electron chi connectivity index (χ3n) is 6.40. The van der Waals surface area contributed by atoms with Gasteiger partial charge in [0, 0.05) is 29.2 Å². The molecule has 5 rings (SSSR count). The van der Waals surface area contributed by atoms with Crippen LogP contribution in [0.3, 0.4) is 0 Å². The van der Waals surface area contributed by atoms with Gasteiger partial charge < -0.3 is 15.2 Å². The number of aliphatic hydroxyl groups excluding tert-OH is 1. The van der Waals surface area contributed by atoms with Crippen LogP contribution in [0, 0.1) is 0 Å². The highest BCUT2D eigenvalue weighted by molar-refractivity contribution is 6.06. The van der Waals surface area contributed by atoms with E-state index in [9.17, 15) is 9.90 Å². The first-order chi connectivity index (χ1) is 16.0. The van der Waals surface area contributed by atoms with Gasteiger partial charge in [0.15, 0.2) is 0 Å². The van der Waals surface area contributed by atoms with Crippen molar-refractivity contribution in [3.63, 3.8) is 0 Å². The van der Waals surface area contributed by atoms with E-state index in [4.69, 9.17) is 9.72 Å². The molecule has 1 fully saturated rings. The van der Waals surface area contributed by atoms with Gasteiger partial charge in [-0.1, -0.05) is 18.2 Å². The van der Waals surface area contributed by atoms with E-state index in [0.29, 0.717) is 24.6 Å². The van der Waals surface area contributed by atoms with Crippen molar-refractivity contribution in [1.29, 1.82) is 0 Å². The Morgan fingerprint density at radius 2 is 1.82 bits per heavy atom. The molecule has 1 aliphatic carbocycles. The summed E-state index contributed by atoms with van der Waals surface area (Å²) < 4.78 is 5.27. The molecule has 1 aliphatic heterocycles. The minimum Gasteiger partial charge on any atom is -0.497 e. The van der Waals surface area contributed by atoms with Crippen molar-refractivity contribution in [3.05, 3.63) is 66.4 Å². The van der Waals surface area contributed by atoms with E-state index < -0.39 is 6.10 Å². The zero-order valence-electron chi connectivity index (χ0n) is 18.7. The molecule has 0 saturated heterocycles. The summed E-state index contributed by atoms with van der Waals surface area (Å²) in [5.41, 5.74) is 2.51. The summed E-state index contributed by atoms with van der Waals surface area (Å²) in [7, 11) is 1.62. The summed E-state index contributed by atoms with van der Waals surface area (Å²) in [6.45, 7) is 1.98. The number of rotatable bonds is 5. The van der Waals surface area contributed by atoms with Crippen LogP contribution in [0.25, 0.3) is 0 Å². The fourth-order valence-electron chi connectivity index (χ4n) is 4.67. The maximum atomic E-state index is 13.9. The SMILES string of the molecule is COc1ccc(N2C(=O)N([C@@H]3CC[C@@H](O)C3)c3nc(Nc4ccccc4)ncc3[C@@H]2C)cc1. The van der Waals surface area contributed by atoms with Gasteiger partial charge in [0.25, 0.3) is 0 Å². The number of carbonyl (C=O) groups excluding carboxylic acids is 1. The highest BCUT2D eigenvalue weighted by Crippen LogP contribution is 2.42. The molecule has 2 N–H and O–H groups in total. The summed E-state index contributed by atoms with van der Waals surface area (Å²) in [6, 6.07) is 16.6. The molecular weight excluding hydrogens is 418 g/mol. The number of hydrogen-bond donors (Lipinski definition) is 2. The molecule has 2 amide bonds. The second-order valence-electron chi connectivity index (χ2n) is 8.48. The molecule has 2 aliphatic rings. The first kappa shape index (κ1) is 21.2. The molecule has 8 nitrogen and oxygen atoms in total. The molecule has 0 spiro atoms. The second kappa shape index (κ2) is 8.71. The predicted octanol–water partition coefficient (Wildman–Crippen LogP) is 4.65. The smallest absolute Gasteiger partial charge is 0.330 e. The number of ether oxygens (including phenoxy) is 1. The number of carbonyl (C=O) groups is 1. The first-order valence-electron chi connectivity index (χ1n) is 11.2. The van der Waals surface area contributed by atoms with Crippen LogP contribution in [0.1, 0.15) is 37.8 Å². The topological polar surface area (TPSA) is 90.8 Å². The average Bonchev–Trinajstić information content (AvgIpc) is 3.26. The number of nitrogens with one attached hydrogen (secondary N) is 1. The average molecular weight is 446 g/mol. The van der Waals surface area contributed by atoms with Crippen molar-refractivity contribution < 1.29 is 14.6 Å². The van der Waals surface area contributed by atoms with E-state index in [-0.39, 0.29) is 18.1 Å². The number of amides is 2. The predicted molar refractivity (Wildman–Crippen MR) is 127 cm³/mol. The van der Waals surface area contributed by atoms with Crippen molar-refractivity contribution in [2.45, 2.75) is 44.4 Å². The summed E-state index contributed by atoms with van der Waals surface area (Å²) in [4.78, 5) is 26.7. The van der Waals surface area contributed by atoms with Gasteiger partial charge in [-0.2, -0.15) is 4.98 Å². The van der Waals surface area contributed by atoms with Crippen molar-refractivity contribution >= 4 is 29.2 Å². The van der Waals surface area contributed by atoms with E-state index >= 15 is 0 Å². The summed E-state index contributed by atoms with van der Waals surface area (Å²) in [5, 5.41) is 13.4. The zero-order valence-corrected chi connectivity index (χ0v) is 18.7. The van der Waals surface area contributed by atoms with E-state index in [1.54, 1.807) is 23.1 Å². The number of hydrogen-bond acceptors (Lipinski definition) is 6. The molecule has 0 bridgehead atoms. The van der Waals surface area contributed by atoms with E-state index in [2.05, 4.69) is 10.3 Å². The maximum absolute atomic E-state index is 13.9. The largest absolute Gasteiger partial charge is 0.497 e. The number of anilines is 4. The monoisotopic (exact) mass is 445 g/mol. The van der Waals surface area contributed by atoms with Crippen LogP contribution >= 0.6 is 0 Å². The number of nitrogens with zero attached hydrogens (tertiary/aromatic N) is 4. The Balaban J connectivity index is 1.56. The quantitative estimate of drug-likeness (QED) is 0.594. The van der Waals surface area contributed by atoms with Gasteiger partial charge in [-0.05, 0) is 62.6 Å². The molecule has 0 radical (unpaired) electrons. The van der Waals surface area contributed by atoms with Crippen LogP contribution in [0.15, 0.2) is 60.8 Å². The van der Waals surface area contributed by atoms with Gasteiger partial charge in [-0.25, -0.2) is 9.78 Å². The third kappa shape index (κ3) is 3.98. The fraction of sp³-hybridized carbons (Fsp3) is 0.320. The molecule has 0 unspecified atom stereocenters. The molecule has 1 saturated carbocycles. The number of para-hydroxylation sites is 1. The Morgan fingerprint density at radius 3 is 2.48 bits per heavy atom. The molecular formula is C25H27N5O3. The van der Waals surface area contributed by atoms with Crippen LogP contribution in [-0.4, -0.2) is 40.4 Å². The summed E-state index contributed by atoms with van der Waals surface area (Å²) in [6.07, 6.45) is 3.30. The second-order valence-corrected chi connectivity index (χ2v) is 8.48. The fourth-order valence-corrected chi connectivity index (χ4v) is 4.67. The molecule has 33 heavy (non-hydrogen) atoms. The molecule has 170 valence electrons. The van der Waals surface area contributed by atoms with Gasteiger partial charge >= 0.3 is 6.03 Å². The Morgan fingerprint density at radius 1 is 1.06 bits per heavy atom. The molecule has 3 aromatic rings. The van der Waals surface area contributed by atoms with Crippen LogP contribution in [0.4, 0.5) is 27.9 Å². The minimum atomic E-state index is -0.413. The normalized spacial score (nSPS) is 22.3. The standard InChI is InChI=1S/C25H27N5O3/c1-16-22-15-26-24(27-17-6-4-3-5-7-17)28-23(22)30(19-8-11-20(31)14-19)25(32)29(16)18-9-12-21(33-2)13-10-18/h3-7,9-10,12-13,15-16,19-20,31H,8,11,14H2,1-2H3,(H,26,27,28)/t16-,19+,20+/m0/s1. The van der Waals surface area contributed by atoms with Crippen LogP contribution in [0.5, 0.6) is 5.75 Å². The van der Waals surface area contributed by atoms with Crippen LogP contribution < -0.4 is 19.9 Å². The van der Waals surface area contributed by atoms with Crippen molar-refractivity contribution in [2.24, 2.45) is 0 Å². The molecule has 3 atom stereocenters. The summed E-state index contributed by atoms with van der Waals surface area (Å²) >= 11 is 0. The van der Waals surface area contributed by atoms with Gasteiger partial charge in [-0.15, -0.1) is 0 Å². The number of methoxy groups -OCH3 is 1. The Bertz CT molecular complexity index is 1140. The van der Waals surface area contributed by atoms with Gasteiger partial charge in [0.1, 0.15) is 11.6 Å². The Hall–Kier alpha value is -3.65. The van der Waals surface area contributed by atoms with E-state index in [1.165, 1.54) is 0 Å². The molecule has 2 heterocycles. The van der Waals surface area contributed by atoms with E-state index in [0.717, 1.165) is 29.1 Å². The number of benzene rings is 2. The lowest BCUT2D eigenvalue weighted by atomic mass is 10.0. The van der Waals surface area contributed by atoms with Crippen molar-refractivity contribution in [2.75, 3.05) is 22.2 Å². The third-order valence-corrected chi connectivity index (χ3v) is 6.40. The van der Waals surface area contributed by atoms with Gasteiger partial charge in [-0.3, -0.25) is 9.80 Å². The maximum Gasteiger partial charge on any atom is 0.330 e. The van der Waals surface area contributed by atoms with Crippen molar-refractivity contribution in [3.8, 4) is 5.75 Å². The lowest BCUT2D eigenvalue weighted by Crippen LogP contribution is -2.53. The number of fused-ring (bicyclic) bond motifs is 1. The zero-order chi connectivity index (χ0) is 22.9. The van der Waals surface area contributed by atoms with E-state index in [1.807, 2.05) is 61.5 Å². The summed E-state index contributed by atoms with van der Waals surface area (Å²) in [5.74, 6) is 1.76. The minimum absolute atomic E-state index is 0.126. The molecule has 2 aromatic carbocycles. The Kier molecular flexibility index (Phi) is 5.60. The first-order valence-corrected chi connectivity index (χ1v) is 11.2. The van der Waals surface area contributed by atoms with Crippen molar-refractivity contribution in [1.82, 2.24) is 9.97 Å². The Labute approximate surface area is 192 Å². The van der Waals surface area contributed by atoms with Gasteiger partial charge in [0.05, 0.1) is 19.3 Å².